The number of ether oxygens (including phenoxy) is 1. The van der Waals surface area contributed by atoms with Crippen LogP contribution in [0.15, 0.2) is 35.3 Å². The van der Waals surface area contributed by atoms with E-state index in [1.165, 1.54) is 37.7 Å². The van der Waals surface area contributed by atoms with Crippen molar-refractivity contribution in [3.05, 3.63) is 35.9 Å². The van der Waals surface area contributed by atoms with Crippen molar-refractivity contribution in [3.8, 4) is 0 Å². The van der Waals surface area contributed by atoms with Crippen molar-refractivity contribution >= 4 is 29.9 Å². The van der Waals surface area contributed by atoms with E-state index in [2.05, 4.69) is 41.8 Å². The van der Waals surface area contributed by atoms with Crippen LogP contribution in [0.2, 0.25) is 0 Å². The molecule has 0 spiro atoms. The molecule has 2 N–H and O–H groups in total. The van der Waals surface area contributed by atoms with Crippen molar-refractivity contribution in [2.24, 2.45) is 4.99 Å². The lowest BCUT2D eigenvalue weighted by Gasteiger charge is -2.24. The standard InChI is InChI=1S/C20H33N3O.HI/c1-2-21-20(23-19-13-7-4-8-14-19)22-15-9-10-16-24-17-18-11-5-3-6-12-18;/h3,5-6,11-12,19H,2,4,7-10,13-17H2,1H3,(H2,21,22,23);1H. The number of hydrogen-bond donors (Lipinski definition) is 2. The fraction of sp³-hybridized carbons (Fsp3) is 0.650. The number of unbranched alkanes of at least 4 members (excludes halogenated alkanes) is 1. The van der Waals surface area contributed by atoms with Crippen LogP contribution in [0.3, 0.4) is 0 Å². The zero-order valence-corrected chi connectivity index (χ0v) is 17.8. The number of nitrogens with zero attached hydrogens (tertiary/aromatic N) is 1. The Balaban J connectivity index is 0.00000312. The maximum atomic E-state index is 5.72. The first-order valence-corrected chi connectivity index (χ1v) is 9.55. The lowest BCUT2D eigenvalue weighted by molar-refractivity contribution is 0.117. The highest BCUT2D eigenvalue weighted by Gasteiger charge is 2.14. The third kappa shape index (κ3) is 10.0. The molecule has 0 aliphatic heterocycles. The van der Waals surface area contributed by atoms with Gasteiger partial charge in [-0.3, -0.25) is 4.99 Å². The molecule has 0 unspecified atom stereocenters. The summed E-state index contributed by atoms with van der Waals surface area (Å²) in [6.07, 6.45) is 8.74. The Labute approximate surface area is 170 Å². The molecule has 0 bridgehead atoms. The Kier molecular flexibility index (Phi) is 12.8. The normalized spacial score (nSPS) is 15.5. The second kappa shape index (κ2) is 14.4. The van der Waals surface area contributed by atoms with Crippen LogP contribution in [0, 0.1) is 0 Å². The van der Waals surface area contributed by atoms with E-state index >= 15 is 0 Å². The molecule has 0 radical (unpaired) electrons. The summed E-state index contributed by atoms with van der Waals surface area (Å²) in [6, 6.07) is 10.9. The number of halogens is 1. The average molecular weight is 459 g/mol. The van der Waals surface area contributed by atoms with Gasteiger partial charge >= 0.3 is 0 Å². The highest BCUT2D eigenvalue weighted by molar-refractivity contribution is 14.0. The molecule has 1 aliphatic carbocycles. The topological polar surface area (TPSA) is 45.7 Å². The van der Waals surface area contributed by atoms with Crippen molar-refractivity contribution in [1.82, 2.24) is 10.6 Å². The summed E-state index contributed by atoms with van der Waals surface area (Å²) in [5, 5.41) is 6.95. The maximum absolute atomic E-state index is 5.72. The van der Waals surface area contributed by atoms with Crippen molar-refractivity contribution in [2.45, 2.75) is 64.5 Å². The van der Waals surface area contributed by atoms with Gasteiger partial charge in [-0.05, 0) is 38.2 Å². The first-order chi connectivity index (χ1) is 11.9. The van der Waals surface area contributed by atoms with Gasteiger partial charge < -0.3 is 15.4 Å². The monoisotopic (exact) mass is 459 g/mol. The van der Waals surface area contributed by atoms with Gasteiger partial charge in [0.15, 0.2) is 5.96 Å². The van der Waals surface area contributed by atoms with Crippen LogP contribution < -0.4 is 10.6 Å². The number of hydrogen-bond acceptors (Lipinski definition) is 2. The van der Waals surface area contributed by atoms with Crippen LogP contribution in [-0.2, 0) is 11.3 Å². The second-order valence-electron chi connectivity index (χ2n) is 6.49. The zero-order valence-electron chi connectivity index (χ0n) is 15.5. The summed E-state index contributed by atoms with van der Waals surface area (Å²) in [7, 11) is 0. The van der Waals surface area contributed by atoms with E-state index in [1.54, 1.807) is 0 Å². The van der Waals surface area contributed by atoms with Crippen molar-refractivity contribution in [3.63, 3.8) is 0 Å². The van der Waals surface area contributed by atoms with Gasteiger partial charge in [-0.25, -0.2) is 0 Å². The summed E-state index contributed by atoms with van der Waals surface area (Å²) >= 11 is 0. The highest BCUT2D eigenvalue weighted by Crippen LogP contribution is 2.17. The minimum Gasteiger partial charge on any atom is -0.377 e. The van der Waals surface area contributed by atoms with E-state index in [4.69, 9.17) is 9.73 Å². The fourth-order valence-electron chi connectivity index (χ4n) is 3.03. The largest absolute Gasteiger partial charge is 0.377 e. The van der Waals surface area contributed by atoms with Gasteiger partial charge in [-0.15, -0.1) is 24.0 Å². The molecule has 0 saturated heterocycles. The van der Waals surface area contributed by atoms with Crippen LogP contribution in [0.5, 0.6) is 0 Å². The SMILES string of the molecule is CCNC(=NCCCCOCc1ccccc1)NC1CCCCC1.I. The minimum absolute atomic E-state index is 0. The van der Waals surface area contributed by atoms with Gasteiger partial charge in [0.2, 0.25) is 0 Å². The molecule has 1 aromatic carbocycles. The van der Waals surface area contributed by atoms with Crippen LogP contribution >= 0.6 is 24.0 Å². The third-order valence-corrected chi connectivity index (χ3v) is 4.37. The molecule has 1 aromatic rings. The van der Waals surface area contributed by atoms with Crippen LogP contribution in [0.4, 0.5) is 0 Å². The van der Waals surface area contributed by atoms with Gasteiger partial charge in [0, 0.05) is 25.7 Å². The first kappa shape index (κ1) is 22.2. The molecule has 2 rings (SSSR count). The fourth-order valence-corrected chi connectivity index (χ4v) is 3.03. The Morgan fingerprint density at radius 3 is 2.60 bits per heavy atom. The minimum atomic E-state index is 0. The smallest absolute Gasteiger partial charge is 0.191 e. The van der Waals surface area contributed by atoms with Crippen LogP contribution in [-0.4, -0.2) is 31.7 Å². The molecular weight excluding hydrogens is 425 g/mol. The van der Waals surface area contributed by atoms with Gasteiger partial charge in [0.05, 0.1) is 6.61 Å². The summed E-state index contributed by atoms with van der Waals surface area (Å²) in [6.45, 7) is 5.40. The van der Waals surface area contributed by atoms with E-state index in [0.717, 1.165) is 38.5 Å². The summed E-state index contributed by atoms with van der Waals surface area (Å²) in [5.41, 5.74) is 1.24. The Morgan fingerprint density at radius 2 is 1.88 bits per heavy atom. The molecule has 142 valence electrons. The molecule has 25 heavy (non-hydrogen) atoms. The van der Waals surface area contributed by atoms with Crippen LogP contribution in [0.25, 0.3) is 0 Å². The highest BCUT2D eigenvalue weighted by atomic mass is 127. The van der Waals surface area contributed by atoms with Gasteiger partial charge in [0.1, 0.15) is 0 Å². The molecule has 5 heteroatoms. The molecule has 1 fully saturated rings. The summed E-state index contributed by atoms with van der Waals surface area (Å²) in [5.74, 6) is 0.981. The molecule has 0 heterocycles. The van der Waals surface area contributed by atoms with E-state index < -0.39 is 0 Å². The Hall–Kier alpha value is -0.820. The van der Waals surface area contributed by atoms with Crippen LogP contribution in [0.1, 0.15) is 57.4 Å². The van der Waals surface area contributed by atoms with Crippen molar-refractivity contribution in [2.75, 3.05) is 19.7 Å². The predicted molar refractivity (Wildman–Crippen MR) is 117 cm³/mol. The quantitative estimate of drug-likeness (QED) is 0.248. The molecule has 4 nitrogen and oxygen atoms in total. The predicted octanol–water partition coefficient (Wildman–Crippen LogP) is 4.49. The van der Waals surface area contributed by atoms with E-state index in [9.17, 15) is 0 Å². The number of nitrogens with one attached hydrogen (secondary N) is 2. The molecule has 0 atom stereocenters. The number of rotatable bonds is 9. The Morgan fingerprint density at radius 1 is 1.12 bits per heavy atom. The van der Waals surface area contributed by atoms with E-state index in [1.807, 2.05) is 6.07 Å². The van der Waals surface area contributed by atoms with E-state index in [-0.39, 0.29) is 24.0 Å². The first-order valence-electron chi connectivity index (χ1n) is 9.55. The number of aliphatic imine (C=N–C) groups is 1. The third-order valence-electron chi connectivity index (χ3n) is 4.37. The lowest BCUT2D eigenvalue weighted by Crippen LogP contribution is -2.44. The second-order valence-corrected chi connectivity index (χ2v) is 6.49. The van der Waals surface area contributed by atoms with Crippen molar-refractivity contribution < 1.29 is 4.74 Å². The number of guanidine groups is 1. The Bertz CT molecular complexity index is 461. The molecule has 0 aromatic heterocycles. The maximum Gasteiger partial charge on any atom is 0.191 e. The van der Waals surface area contributed by atoms with Gasteiger partial charge in [-0.2, -0.15) is 0 Å². The molecular formula is C20H34IN3O. The molecule has 1 aliphatic rings. The molecule has 1 saturated carbocycles. The molecule has 0 amide bonds. The van der Waals surface area contributed by atoms with Gasteiger partial charge in [0.25, 0.3) is 0 Å². The zero-order chi connectivity index (χ0) is 16.9. The number of benzene rings is 1. The lowest BCUT2D eigenvalue weighted by atomic mass is 9.96. The van der Waals surface area contributed by atoms with Gasteiger partial charge in [-0.1, -0.05) is 49.6 Å². The summed E-state index contributed by atoms with van der Waals surface area (Å²) < 4.78 is 5.72. The van der Waals surface area contributed by atoms with E-state index in [0.29, 0.717) is 12.6 Å². The summed E-state index contributed by atoms with van der Waals surface area (Å²) in [4.78, 5) is 4.70. The average Bonchev–Trinajstić information content (AvgIpc) is 2.63. The van der Waals surface area contributed by atoms with Crippen molar-refractivity contribution in [1.29, 1.82) is 0 Å².